The molecule has 1 fully saturated rings. The van der Waals surface area contributed by atoms with Crippen LogP contribution in [0.2, 0.25) is 10.0 Å². The fourth-order valence-electron chi connectivity index (χ4n) is 3.84. The van der Waals surface area contributed by atoms with Crippen LogP contribution in [0.5, 0.6) is 0 Å². The minimum absolute atomic E-state index is 0.0132. The molecule has 2 aromatic rings. The van der Waals surface area contributed by atoms with Crippen LogP contribution in [0.15, 0.2) is 36.4 Å². The molecule has 1 heterocycles. The zero-order valence-corrected chi connectivity index (χ0v) is 19.0. The first-order valence-electron chi connectivity index (χ1n) is 10.0. The molecule has 1 unspecified atom stereocenters. The van der Waals surface area contributed by atoms with Crippen molar-refractivity contribution in [3.63, 3.8) is 0 Å². The van der Waals surface area contributed by atoms with Crippen LogP contribution in [0.1, 0.15) is 28.7 Å². The van der Waals surface area contributed by atoms with Gasteiger partial charge in [-0.25, -0.2) is 0 Å². The van der Waals surface area contributed by atoms with Crippen molar-refractivity contribution >= 4 is 29.1 Å². The zero-order chi connectivity index (χ0) is 25.3. The number of hydrogen-bond acceptors (Lipinski definition) is 3. The van der Waals surface area contributed by atoms with Gasteiger partial charge < -0.3 is 14.7 Å². The normalized spacial score (nSPS) is 19.4. The van der Waals surface area contributed by atoms with Crippen LogP contribution < -0.4 is 0 Å². The average Bonchev–Trinajstić information content (AvgIpc) is 2.74. The molecule has 3 rings (SSSR count). The van der Waals surface area contributed by atoms with Gasteiger partial charge in [-0.3, -0.25) is 4.79 Å². The summed E-state index contributed by atoms with van der Waals surface area (Å²) in [6.07, 6.45) is -10.6. The van der Waals surface area contributed by atoms with Gasteiger partial charge in [0.1, 0.15) is 5.60 Å². The van der Waals surface area contributed by atoms with Gasteiger partial charge in [-0.1, -0.05) is 29.3 Å². The minimum Gasteiger partial charge on any atom is -0.396 e. The van der Waals surface area contributed by atoms with Crippen LogP contribution >= 0.6 is 23.2 Å². The van der Waals surface area contributed by atoms with Crippen LogP contribution in [0.3, 0.4) is 0 Å². The third kappa shape index (κ3) is 5.97. The van der Waals surface area contributed by atoms with Crippen molar-refractivity contribution in [2.45, 2.75) is 30.8 Å². The molecular weight excluding hydrogens is 511 g/mol. The lowest BCUT2D eigenvalue weighted by atomic mass is 9.88. The van der Waals surface area contributed by atoms with E-state index in [1.54, 1.807) is 6.07 Å². The summed E-state index contributed by atoms with van der Waals surface area (Å²) in [5, 5.41) is 10.1. The zero-order valence-electron chi connectivity index (χ0n) is 17.4. The van der Waals surface area contributed by atoms with Crippen molar-refractivity contribution in [1.29, 1.82) is 0 Å². The van der Waals surface area contributed by atoms with E-state index in [2.05, 4.69) is 0 Å². The number of benzene rings is 2. The second-order valence-corrected chi connectivity index (χ2v) is 8.67. The number of carbonyl (C=O) groups is 1. The van der Waals surface area contributed by atoms with Gasteiger partial charge in [-0.2, -0.15) is 26.3 Å². The van der Waals surface area contributed by atoms with Crippen LogP contribution in [-0.2, 0) is 33.9 Å². The van der Waals surface area contributed by atoms with E-state index in [-0.39, 0.29) is 48.8 Å². The Hall–Kier alpha value is -2.01. The van der Waals surface area contributed by atoms with Gasteiger partial charge in [0.2, 0.25) is 5.91 Å². The molecule has 0 bridgehead atoms. The molecule has 186 valence electrons. The Morgan fingerprint density at radius 1 is 1.00 bits per heavy atom. The lowest BCUT2D eigenvalue weighted by Gasteiger charge is -2.43. The Morgan fingerprint density at radius 2 is 1.62 bits per heavy atom. The summed E-state index contributed by atoms with van der Waals surface area (Å²) < 4.78 is 84.7. The monoisotopic (exact) mass is 529 g/mol. The van der Waals surface area contributed by atoms with E-state index in [1.807, 2.05) is 0 Å². The number of ether oxygens (including phenoxy) is 1. The lowest BCUT2D eigenvalue weighted by molar-refractivity contribution is -0.155. The first-order valence-corrected chi connectivity index (χ1v) is 10.8. The third-order valence-electron chi connectivity index (χ3n) is 5.50. The molecule has 1 saturated heterocycles. The predicted molar refractivity (Wildman–Crippen MR) is 113 cm³/mol. The van der Waals surface area contributed by atoms with E-state index in [4.69, 9.17) is 27.9 Å². The minimum atomic E-state index is -5.01. The number of hydrogen-bond donors (Lipinski definition) is 1. The maximum absolute atomic E-state index is 13.1. The highest BCUT2D eigenvalue weighted by molar-refractivity contribution is 6.42. The average molecular weight is 530 g/mol. The number of morpholine rings is 1. The third-order valence-corrected chi connectivity index (χ3v) is 6.24. The number of aliphatic hydroxyl groups excluding tert-OH is 1. The van der Waals surface area contributed by atoms with E-state index in [1.165, 1.54) is 17.0 Å². The second kappa shape index (κ2) is 9.93. The molecule has 0 aliphatic carbocycles. The topological polar surface area (TPSA) is 49.8 Å². The molecule has 1 atom stereocenters. The first-order chi connectivity index (χ1) is 15.7. The number of rotatable bonds is 5. The van der Waals surface area contributed by atoms with E-state index >= 15 is 0 Å². The van der Waals surface area contributed by atoms with Crippen molar-refractivity contribution in [3.8, 4) is 0 Å². The number of halogens is 8. The van der Waals surface area contributed by atoms with E-state index in [0.29, 0.717) is 17.7 Å². The summed E-state index contributed by atoms with van der Waals surface area (Å²) in [4.78, 5) is 14.2. The Morgan fingerprint density at radius 3 is 2.15 bits per heavy atom. The Balaban J connectivity index is 1.89. The summed E-state index contributed by atoms with van der Waals surface area (Å²) in [6.45, 7) is -0.304. The number of aliphatic hydroxyl groups is 1. The predicted octanol–water partition coefficient (Wildman–Crippen LogP) is 5.71. The van der Waals surface area contributed by atoms with Crippen LogP contribution in [0.4, 0.5) is 26.3 Å². The van der Waals surface area contributed by atoms with Crippen molar-refractivity contribution in [2.75, 3.05) is 26.3 Å². The number of carbonyl (C=O) groups excluding carboxylic acids is 1. The van der Waals surface area contributed by atoms with Crippen molar-refractivity contribution in [2.24, 2.45) is 0 Å². The molecule has 0 radical (unpaired) electrons. The highest BCUT2D eigenvalue weighted by atomic mass is 35.5. The molecule has 0 spiro atoms. The fraction of sp³-hybridized carbons (Fsp3) is 0.409. The molecule has 12 heteroatoms. The molecule has 0 saturated carbocycles. The Labute approximate surface area is 201 Å². The van der Waals surface area contributed by atoms with Gasteiger partial charge in [-0.05, 0) is 41.5 Å². The standard InChI is InChI=1S/C22H19Cl2F6NO3/c23-17-2-1-14(11-18(17)24)20(3-5-32)12-31(4-6-34-20)19(33)9-13-7-15(21(25,26)27)10-16(8-13)22(28,29)30/h1-2,7-8,10-11,32H,3-6,9,12H2. The van der Waals surface area contributed by atoms with Gasteiger partial charge >= 0.3 is 12.4 Å². The highest BCUT2D eigenvalue weighted by Gasteiger charge is 2.41. The second-order valence-electron chi connectivity index (χ2n) is 7.85. The maximum Gasteiger partial charge on any atom is 0.416 e. The first kappa shape index (κ1) is 26.6. The van der Waals surface area contributed by atoms with Crippen molar-refractivity contribution < 1.29 is 41.0 Å². The highest BCUT2D eigenvalue weighted by Crippen LogP contribution is 2.38. The summed E-state index contributed by atoms with van der Waals surface area (Å²) in [7, 11) is 0. The number of nitrogens with zero attached hydrogens (tertiary/aromatic N) is 1. The molecule has 2 aromatic carbocycles. The molecular formula is C22H19Cl2F6NO3. The number of alkyl halides is 6. The quantitative estimate of drug-likeness (QED) is 0.504. The molecule has 1 aliphatic rings. The Bertz CT molecular complexity index is 1020. The lowest BCUT2D eigenvalue weighted by Crippen LogP contribution is -2.52. The van der Waals surface area contributed by atoms with Crippen LogP contribution in [0.25, 0.3) is 0 Å². The van der Waals surface area contributed by atoms with E-state index in [9.17, 15) is 36.2 Å². The van der Waals surface area contributed by atoms with Gasteiger partial charge in [0, 0.05) is 19.6 Å². The largest absolute Gasteiger partial charge is 0.416 e. The summed E-state index contributed by atoms with van der Waals surface area (Å²) in [5.74, 6) is -0.682. The van der Waals surface area contributed by atoms with Crippen molar-refractivity contribution in [1.82, 2.24) is 4.90 Å². The van der Waals surface area contributed by atoms with Gasteiger partial charge in [0.05, 0.1) is 40.7 Å². The summed E-state index contributed by atoms with van der Waals surface area (Å²) in [5.41, 5.74) is -4.05. The van der Waals surface area contributed by atoms with Crippen molar-refractivity contribution in [3.05, 3.63) is 68.7 Å². The van der Waals surface area contributed by atoms with E-state index in [0.717, 1.165) is 0 Å². The van der Waals surface area contributed by atoms with E-state index < -0.39 is 47.0 Å². The van der Waals surface area contributed by atoms with Crippen LogP contribution in [0, 0.1) is 0 Å². The molecule has 34 heavy (non-hydrogen) atoms. The Kier molecular flexibility index (Phi) is 7.76. The summed E-state index contributed by atoms with van der Waals surface area (Å²) in [6, 6.07) is 5.74. The SMILES string of the molecule is O=C(Cc1cc(C(F)(F)F)cc(C(F)(F)F)c1)N1CCOC(CCO)(c2ccc(Cl)c(Cl)c2)C1. The van der Waals surface area contributed by atoms with Gasteiger partial charge in [-0.15, -0.1) is 0 Å². The molecule has 4 nitrogen and oxygen atoms in total. The number of amides is 1. The smallest absolute Gasteiger partial charge is 0.396 e. The molecule has 1 amide bonds. The maximum atomic E-state index is 13.1. The molecule has 0 aromatic heterocycles. The summed E-state index contributed by atoms with van der Waals surface area (Å²) >= 11 is 12.0. The van der Waals surface area contributed by atoms with Gasteiger partial charge in [0.25, 0.3) is 0 Å². The fourth-order valence-corrected chi connectivity index (χ4v) is 4.13. The van der Waals surface area contributed by atoms with Gasteiger partial charge in [0.15, 0.2) is 0 Å². The molecule has 1 N–H and O–H groups in total. The van der Waals surface area contributed by atoms with Crippen LogP contribution in [-0.4, -0.2) is 42.2 Å². The molecule has 1 aliphatic heterocycles.